The minimum Gasteiger partial charge on any atom is -0.0727 e. The first-order chi connectivity index (χ1) is 7.09. The van der Waals surface area contributed by atoms with Gasteiger partial charge >= 0.3 is 0 Å². The fraction of sp³-hybridized carbons (Fsp3) is 0.733. The van der Waals surface area contributed by atoms with E-state index >= 15 is 0 Å². The smallest absolute Gasteiger partial charge is 0.0139 e. The first-order valence-corrected chi connectivity index (χ1v) is 6.49. The average Bonchev–Trinajstić information content (AvgIpc) is 2.17. The minimum absolute atomic E-state index is 0.810. The predicted molar refractivity (Wildman–Crippen MR) is 66.7 cm³/mol. The van der Waals surface area contributed by atoms with E-state index in [1.807, 2.05) is 0 Å². The summed E-state index contributed by atoms with van der Waals surface area (Å²) >= 11 is 0. The van der Waals surface area contributed by atoms with Gasteiger partial charge in [0.25, 0.3) is 0 Å². The van der Waals surface area contributed by atoms with E-state index in [1.54, 1.807) is 16.7 Å². The number of hydrogen-bond donors (Lipinski definition) is 0. The quantitative estimate of drug-likeness (QED) is 0.579. The zero-order valence-electron chi connectivity index (χ0n) is 10.6. The molecule has 0 saturated heterocycles. The molecule has 0 aliphatic heterocycles. The van der Waals surface area contributed by atoms with Crippen molar-refractivity contribution in [2.24, 2.45) is 17.8 Å². The lowest BCUT2D eigenvalue weighted by Gasteiger charge is -2.36. The molecule has 0 spiro atoms. The van der Waals surface area contributed by atoms with E-state index in [9.17, 15) is 0 Å². The Balaban J connectivity index is 2.36. The van der Waals surface area contributed by atoms with E-state index < -0.39 is 0 Å². The Morgan fingerprint density at radius 1 is 1.20 bits per heavy atom. The van der Waals surface area contributed by atoms with E-state index in [0.717, 1.165) is 17.8 Å². The number of rotatable bonds is 1. The first kappa shape index (κ1) is 11.0. The van der Waals surface area contributed by atoms with Crippen LogP contribution >= 0.6 is 0 Å². The zero-order valence-corrected chi connectivity index (χ0v) is 10.6. The Hall–Kier alpha value is -0.520. The molecule has 0 N–H and O–H groups in total. The molecule has 0 heterocycles. The summed E-state index contributed by atoms with van der Waals surface area (Å²) in [6.45, 7) is 9.47. The molecule has 2 aliphatic rings. The van der Waals surface area contributed by atoms with Crippen LogP contribution in [-0.4, -0.2) is 0 Å². The fourth-order valence-corrected chi connectivity index (χ4v) is 3.23. The van der Waals surface area contributed by atoms with Crippen molar-refractivity contribution in [1.82, 2.24) is 0 Å². The molecule has 2 unspecified atom stereocenters. The maximum atomic E-state index is 2.50. The van der Waals surface area contributed by atoms with Crippen LogP contribution in [0.3, 0.4) is 0 Å². The van der Waals surface area contributed by atoms with Gasteiger partial charge in [-0.3, -0.25) is 0 Å². The normalized spacial score (nSPS) is 31.7. The van der Waals surface area contributed by atoms with Crippen LogP contribution in [-0.2, 0) is 0 Å². The fourth-order valence-electron chi connectivity index (χ4n) is 3.23. The third-order valence-corrected chi connectivity index (χ3v) is 4.27. The summed E-state index contributed by atoms with van der Waals surface area (Å²) in [5, 5.41) is 0. The summed E-state index contributed by atoms with van der Waals surface area (Å²) in [4.78, 5) is 0. The van der Waals surface area contributed by atoms with Gasteiger partial charge in [-0.15, -0.1) is 0 Å². The van der Waals surface area contributed by atoms with Crippen LogP contribution in [0.4, 0.5) is 0 Å². The van der Waals surface area contributed by atoms with E-state index in [1.165, 1.54) is 25.7 Å². The van der Waals surface area contributed by atoms with Gasteiger partial charge < -0.3 is 0 Å². The summed E-state index contributed by atoms with van der Waals surface area (Å²) in [5.41, 5.74) is 5.09. The van der Waals surface area contributed by atoms with Crippen LogP contribution in [0, 0.1) is 17.8 Å². The molecule has 0 aromatic carbocycles. The maximum Gasteiger partial charge on any atom is -0.0139 e. The monoisotopic (exact) mass is 204 g/mol. The molecule has 0 amide bonds. The van der Waals surface area contributed by atoms with E-state index in [4.69, 9.17) is 0 Å². The van der Waals surface area contributed by atoms with Crippen LogP contribution in [0.15, 0.2) is 22.8 Å². The molecule has 15 heavy (non-hydrogen) atoms. The predicted octanol–water partition coefficient (Wildman–Crippen LogP) is 4.73. The number of allylic oxidation sites excluding steroid dienone is 4. The highest BCUT2D eigenvalue weighted by Gasteiger charge is 2.29. The van der Waals surface area contributed by atoms with Crippen molar-refractivity contribution >= 4 is 0 Å². The first-order valence-electron chi connectivity index (χ1n) is 6.49. The SMILES string of the molecule is CC1=CC2=C(CC1)C(C)CCC2C(C)C. The lowest BCUT2D eigenvalue weighted by Crippen LogP contribution is -2.23. The second kappa shape index (κ2) is 4.15. The molecule has 0 radical (unpaired) electrons. The van der Waals surface area contributed by atoms with Gasteiger partial charge in [-0.25, -0.2) is 0 Å². The van der Waals surface area contributed by atoms with Crippen molar-refractivity contribution in [3.05, 3.63) is 22.8 Å². The van der Waals surface area contributed by atoms with Gasteiger partial charge in [0, 0.05) is 0 Å². The molecule has 84 valence electrons. The maximum absolute atomic E-state index is 2.50. The average molecular weight is 204 g/mol. The van der Waals surface area contributed by atoms with Crippen molar-refractivity contribution in [3.8, 4) is 0 Å². The summed E-state index contributed by atoms with van der Waals surface area (Å²) in [6.07, 6.45) is 7.95. The summed E-state index contributed by atoms with van der Waals surface area (Å²) < 4.78 is 0. The van der Waals surface area contributed by atoms with Crippen LogP contribution in [0.2, 0.25) is 0 Å². The molecule has 0 heteroatoms. The molecule has 2 rings (SSSR count). The minimum atomic E-state index is 0.810. The third kappa shape index (κ3) is 2.04. The van der Waals surface area contributed by atoms with Crippen molar-refractivity contribution in [3.63, 3.8) is 0 Å². The molecule has 0 saturated carbocycles. The van der Waals surface area contributed by atoms with Gasteiger partial charge in [0.1, 0.15) is 0 Å². The van der Waals surface area contributed by atoms with E-state index in [0.29, 0.717) is 0 Å². The highest BCUT2D eigenvalue weighted by atomic mass is 14.3. The van der Waals surface area contributed by atoms with Crippen LogP contribution in [0.5, 0.6) is 0 Å². The van der Waals surface area contributed by atoms with Gasteiger partial charge in [0.15, 0.2) is 0 Å². The highest BCUT2D eigenvalue weighted by molar-refractivity contribution is 5.37. The second-order valence-corrected chi connectivity index (χ2v) is 5.80. The molecule has 0 aromatic rings. The highest BCUT2D eigenvalue weighted by Crippen LogP contribution is 2.43. The molecule has 0 bridgehead atoms. The van der Waals surface area contributed by atoms with Gasteiger partial charge in [0.05, 0.1) is 0 Å². The van der Waals surface area contributed by atoms with Gasteiger partial charge in [-0.1, -0.05) is 38.0 Å². The Morgan fingerprint density at radius 2 is 1.93 bits per heavy atom. The standard InChI is InChI=1S/C15H24/c1-10(2)13-8-6-12(4)14-7-5-11(3)9-15(13)14/h9-10,12-13H,5-8H2,1-4H3. The van der Waals surface area contributed by atoms with Gasteiger partial charge in [0.2, 0.25) is 0 Å². The van der Waals surface area contributed by atoms with Crippen molar-refractivity contribution in [2.45, 2.75) is 53.4 Å². The van der Waals surface area contributed by atoms with Gasteiger partial charge in [-0.05, 0) is 55.9 Å². The molecule has 0 fully saturated rings. The molecule has 0 nitrogen and oxygen atoms in total. The molecule has 2 aliphatic carbocycles. The summed E-state index contributed by atoms with van der Waals surface area (Å²) in [6, 6.07) is 0. The molecule has 2 atom stereocenters. The van der Waals surface area contributed by atoms with Crippen molar-refractivity contribution in [2.75, 3.05) is 0 Å². The van der Waals surface area contributed by atoms with E-state index in [2.05, 4.69) is 33.8 Å². The Bertz CT molecular complexity index is 304. The van der Waals surface area contributed by atoms with Crippen LogP contribution in [0.1, 0.15) is 53.4 Å². The summed E-state index contributed by atoms with van der Waals surface area (Å²) in [5.74, 6) is 2.50. The molecular weight excluding hydrogens is 180 g/mol. The van der Waals surface area contributed by atoms with Gasteiger partial charge in [-0.2, -0.15) is 0 Å². The lowest BCUT2D eigenvalue weighted by atomic mass is 9.69. The van der Waals surface area contributed by atoms with Crippen molar-refractivity contribution in [1.29, 1.82) is 0 Å². The zero-order chi connectivity index (χ0) is 11.0. The van der Waals surface area contributed by atoms with E-state index in [-0.39, 0.29) is 0 Å². The Labute approximate surface area is 94.5 Å². The van der Waals surface area contributed by atoms with Crippen molar-refractivity contribution < 1.29 is 0 Å². The van der Waals surface area contributed by atoms with Crippen LogP contribution < -0.4 is 0 Å². The summed E-state index contributed by atoms with van der Waals surface area (Å²) in [7, 11) is 0. The number of hydrogen-bond acceptors (Lipinski definition) is 0. The third-order valence-electron chi connectivity index (χ3n) is 4.27. The Morgan fingerprint density at radius 3 is 2.60 bits per heavy atom. The largest absolute Gasteiger partial charge is 0.0727 e. The molecular formula is C15H24. The molecule has 0 aromatic heterocycles. The lowest BCUT2D eigenvalue weighted by molar-refractivity contribution is 0.349. The van der Waals surface area contributed by atoms with Crippen LogP contribution in [0.25, 0.3) is 0 Å². The Kier molecular flexibility index (Phi) is 3.04. The topological polar surface area (TPSA) is 0 Å². The second-order valence-electron chi connectivity index (χ2n) is 5.80.